The Balaban J connectivity index is 1.96. The Morgan fingerprint density at radius 3 is 2.70 bits per heavy atom. The zero-order chi connectivity index (χ0) is 13.9. The lowest BCUT2D eigenvalue weighted by molar-refractivity contribution is 0.110. The minimum atomic E-state index is -0.404. The molecular weight excluding hydrogens is 259 g/mol. The molecule has 1 aromatic heterocycles. The molecule has 0 aliphatic heterocycles. The average molecular weight is 274 g/mol. The van der Waals surface area contributed by atoms with Gasteiger partial charge in [0.1, 0.15) is 5.76 Å². The van der Waals surface area contributed by atoms with Crippen molar-refractivity contribution in [3.8, 4) is 17.1 Å². The number of furan rings is 1. The summed E-state index contributed by atoms with van der Waals surface area (Å²) in [6, 6.07) is 7.93. The molecule has 0 unspecified atom stereocenters. The van der Waals surface area contributed by atoms with Crippen LogP contribution in [-0.2, 0) is 0 Å². The fraction of sp³-hybridized carbons (Fsp3) is 0.312. The molecule has 1 heterocycles. The van der Waals surface area contributed by atoms with Crippen LogP contribution in [0.2, 0.25) is 0 Å². The van der Waals surface area contributed by atoms with Crippen LogP contribution in [0, 0.1) is 5.82 Å². The lowest BCUT2D eigenvalue weighted by atomic mass is 10.1. The molecule has 2 aromatic rings. The lowest BCUT2D eigenvalue weighted by Crippen LogP contribution is -2.12. The SMILES string of the molecule is O=Cc1ccc(-c2cccc(F)c2OC2CCCC2)o1. The lowest BCUT2D eigenvalue weighted by Gasteiger charge is -2.16. The molecule has 0 spiro atoms. The fourth-order valence-corrected chi connectivity index (χ4v) is 2.56. The van der Waals surface area contributed by atoms with Crippen molar-refractivity contribution >= 4 is 6.29 Å². The predicted molar refractivity (Wildman–Crippen MR) is 72.4 cm³/mol. The van der Waals surface area contributed by atoms with Gasteiger partial charge in [-0.2, -0.15) is 0 Å². The van der Waals surface area contributed by atoms with E-state index in [2.05, 4.69) is 0 Å². The summed E-state index contributed by atoms with van der Waals surface area (Å²) in [4.78, 5) is 10.7. The van der Waals surface area contributed by atoms with Gasteiger partial charge in [-0.15, -0.1) is 0 Å². The van der Waals surface area contributed by atoms with Crippen molar-refractivity contribution in [1.82, 2.24) is 0 Å². The molecule has 0 N–H and O–H groups in total. The first kappa shape index (κ1) is 12.9. The number of aldehydes is 1. The molecule has 3 nitrogen and oxygen atoms in total. The quantitative estimate of drug-likeness (QED) is 0.784. The van der Waals surface area contributed by atoms with E-state index in [0.717, 1.165) is 25.7 Å². The summed E-state index contributed by atoms with van der Waals surface area (Å²) in [6.07, 6.45) is 4.82. The molecule has 0 atom stereocenters. The Bertz CT molecular complexity index is 612. The molecule has 1 fully saturated rings. The van der Waals surface area contributed by atoms with E-state index >= 15 is 0 Å². The second-order valence-electron chi connectivity index (χ2n) is 4.96. The number of rotatable bonds is 4. The molecule has 3 rings (SSSR count). The highest BCUT2D eigenvalue weighted by Crippen LogP contribution is 2.36. The first-order valence-corrected chi connectivity index (χ1v) is 6.78. The van der Waals surface area contributed by atoms with E-state index in [1.54, 1.807) is 24.3 Å². The fourth-order valence-electron chi connectivity index (χ4n) is 2.56. The van der Waals surface area contributed by atoms with Crippen LogP contribution in [0.1, 0.15) is 36.2 Å². The standard InChI is InChI=1S/C16H15FO3/c17-14-7-3-6-13(15-9-8-12(10-18)19-15)16(14)20-11-4-1-2-5-11/h3,6-11H,1-2,4-5H2. The third-order valence-electron chi connectivity index (χ3n) is 3.56. The predicted octanol–water partition coefficient (Wildman–Crippen LogP) is 4.22. The van der Waals surface area contributed by atoms with Gasteiger partial charge < -0.3 is 9.15 Å². The van der Waals surface area contributed by atoms with Crippen LogP contribution in [0.25, 0.3) is 11.3 Å². The van der Waals surface area contributed by atoms with Gasteiger partial charge in [-0.1, -0.05) is 6.07 Å². The Kier molecular flexibility index (Phi) is 3.54. The van der Waals surface area contributed by atoms with Crippen molar-refractivity contribution in [3.05, 3.63) is 41.9 Å². The molecule has 4 heteroatoms. The molecule has 0 bridgehead atoms. The second-order valence-corrected chi connectivity index (χ2v) is 4.96. The number of benzene rings is 1. The molecule has 0 radical (unpaired) electrons. The Morgan fingerprint density at radius 2 is 2.00 bits per heavy atom. The molecule has 104 valence electrons. The highest BCUT2D eigenvalue weighted by molar-refractivity contribution is 5.74. The third-order valence-corrected chi connectivity index (χ3v) is 3.56. The Morgan fingerprint density at radius 1 is 1.20 bits per heavy atom. The number of carbonyl (C=O) groups is 1. The highest BCUT2D eigenvalue weighted by atomic mass is 19.1. The van der Waals surface area contributed by atoms with Gasteiger partial charge in [0, 0.05) is 0 Å². The van der Waals surface area contributed by atoms with Crippen molar-refractivity contribution < 1.29 is 18.3 Å². The maximum absolute atomic E-state index is 14.0. The van der Waals surface area contributed by atoms with Gasteiger partial charge >= 0.3 is 0 Å². The van der Waals surface area contributed by atoms with Crippen molar-refractivity contribution in [2.45, 2.75) is 31.8 Å². The Hall–Kier alpha value is -2.10. The molecule has 20 heavy (non-hydrogen) atoms. The van der Waals surface area contributed by atoms with E-state index in [9.17, 15) is 9.18 Å². The summed E-state index contributed by atoms with van der Waals surface area (Å²) in [6.45, 7) is 0. The van der Waals surface area contributed by atoms with E-state index in [0.29, 0.717) is 17.6 Å². The summed E-state index contributed by atoms with van der Waals surface area (Å²) in [7, 11) is 0. The van der Waals surface area contributed by atoms with E-state index in [1.165, 1.54) is 6.07 Å². The molecule has 1 aromatic carbocycles. The van der Waals surface area contributed by atoms with Crippen molar-refractivity contribution in [2.24, 2.45) is 0 Å². The molecule has 0 amide bonds. The molecule has 1 saturated carbocycles. The van der Waals surface area contributed by atoms with Gasteiger partial charge in [-0.3, -0.25) is 4.79 Å². The first-order valence-electron chi connectivity index (χ1n) is 6.78. The zero-order valence-electron chi connectivity index (χ0n) is 11.0. The van der Waals surface area contributed by atoms with Crippen molar-refractivity contribution in [3.63, 3.8) is 0 Å². The van der Waals surface area contributed by atoms with Gasteiger partial charge in [0.05, 0.1) is 11.7 Å². The van der Waals surface area contributed by atoms with Crippen LogP contribution in [0.4, 0.5) is 4.39 Å². The van der Waals surface area contributed by atoms with E-state index in [1.807, 2.05) is 0 Å². The topological polar surface area (TPSA) is 39.4 Å². The van der Waals surface area contributed by atoms with Crippen LogP contribution < -0.4 is 4.74 Å². The average Bonchev–Trinajstić information content (AvgIpc) is 3.12. The van der Waals surface area contributed by atoms with Gasteiger partial charge in [0.15, 0.2) is 23.6 Å². The molecule has 1 aliphatic carbocycles. The largest absolute Gasteiger partial charge is 0.487 e. The smallest absolute Gasteiger partial charge is 0.185 e. The summed E-state index contributed by atoms with van der Waals surface area (Å²) >= 11 is 0. The maximum atomic E-state index is 14.0. The molecule has 1 aliphatic rings. The minimum absolute atomic E-state index is 0.0613. The normalized spacial score (nSPS) is 15.4. The van der Waals surface area contributed by atoms with E-state index in [4.69, 9.17) is 9.15 Å². The molecular formula is C16H15FO3. The van der Waals surface area contributed by atoms with E-state index in [-0.39, 0.29) is 17.6 Å². The van der Waals surface area contributed by atoms with Gasteiger partial charge in [0.25, 0.3) is 0 Å². The third kappa shape index (κ3) is 2.46. The number of hydrogen-bond donors (Lipinski definition) is 0. The molecule has 0 saturated heterocycles. The summed E-state index contributed by atoms with van der Waals surface area (Å²) in [5, 5.41) is 0. The number of para-hydroxylation sites is 1. The maximum Gasteiger partial charge on any atom is 0.185 e. The summed E-state index contributed by atoms with van der Waals surface area (Å²) < 4.78 is 25.2. The summed E-state index contributed by atoms with van der Waals surface area (Å²) in [5.74, 6) is 0.473. The van der Waals surface area contributed by atoms with Gasteiger partial charge in [-0.05, 0) is 49.9 Å². The number of hydrogen-bond acceptors (Lipinski definition) is 3. The first-order chi connectivity index (χ1) is 9.78. The highest BCUT2D eigenvalue weighted by Gasteiger charge is 2.21. The number of carbonyl (C=O) groups excluding carboxylic acids is 1. The number of ether oxygens (including phenoxy) is 1. The summed E-state index contributed by atoms with van der Waals surface area (Å²) in [5.41, 5.74) is 0.546. The number of halogens is 1. The van der Waals surface area contributed by atoms with E-state index < -0.39 is 5.82 Å². The second kappa shape index (κ2) is 5.49. The Labute approximate surface area is 116 Å². The van der Waals surface area contributed by atoms with Crippen LogP contribution in [0.15, 0.2) is 34.7 Å². The van der Waals surface area contributed by atoms with Crippen molar-refractivity contribution in [2.75, 3.05) is 0 Å². The van der Waals surface area contributed by atoms with Gasteiger partial charge in [-0.25, -0.2) is 4.39 Å². The monoisotopic (exact) mass is 274 g/mol. The van der Waals surface area contributed by atoms with Crippen molar-refractivity contribution in [1.29, 1.82) is 0 Å². The van der Waals surface area contributed by atoms with Crippen LogP contribution in [0.3, 0.4) is 0 Å². The van der Waals surface area contributed by atoms with Crippen LogP contribution in [-0.4, -0.2) is 12.4 Å². The minimum Gasteiger partial charge on any atom is -0.487 e. The van der Waals surface area contributed by atoms with Crippen LogP contribution in [0.5, 0.6) is 5.75 Å². The van der Waals surface area contributed by atoms with Crippen LogP contribution >= 0.6 is 0 Å². The zero-order valence-corrected chi connectivity index (χ0v) is 11.0. The van der Waals surface area contributed by atoms with Gasteiger partial charge in [0.2, 0.25) is 0 Å².